The number of rotatable bonds is 5. The molecule has 2 heterocycles. The van der Waals surface area contributed by atoms with Gasteiger partial charge in [-0.1, -0.05) is 0 Å². The summed E-state index contributed by atoms with van der Waals surface area (Å²) in [5.74, 6) is -2.05. The Morgan fingerprint density at radius 3 is 2.80 bits per heavy atom. The van der Waals surface area contributed by atoms with Crippen LogP contribution in [0.4, 0.5) is 10.1 Å². The van der Waals surface area contributed by atoms with Gasteiger partial charge in [-0.3, -0.25) is 9.69 Å². The minimum Gasteiger partial charge on any atom is -0.506 e. The first-order valence-corrected chi connectivity index (χ1v) is 9.35. The number of methoxy groups -OCH3 is 1. The summed E-state index contributed by atoms with van der Waals surface area (Å²) in [7, 11) is -2.57. The number of benzene rings is 1. The molecule has 0 spiro atoms. The fourth-order valence-electron chi connectivity index (χ4n) is 3.20. The number of hydrogen-bond acceptors (Lipinski definition) is 6. The monoisotopic (exact) mass is 373 g/mol. The average Bonchev–Trinajstić information content (AvgIpc) is 2.81. The maximum atomic E-state index is 15.0. The molecule has 0 radical (unpaired) electrons. The number of hydrogen-bond donors (Lipinski definition) is 2. The van der Waals surface area contributed by atoms with Gasteiger partial charge in [0, 0.05) is 38.9 Å². The summed E-state index contributed by atoms with van der Waals surface area (Å²) < 4.78 is 46.4. The van der Waals surface area contributed by atoms with Gasteiger partial charge in [-0.05, 0) is 24.5 Å². The molecule has 25 heavy (non-hydrogen) atoms. The van der Waals surface area contributed by atoms with Gasteiger partial charge in [0.15, 0.2) is 5.82 Å². The molecule has 1 saturated heterocycles. The Labute approximate surface area is 145 Å². The highest BCUT2D eigenvalue weighted by molar-refractivity contribution is 7.92. The molecule has 0 saturated carbocycles. The molecule has 2 aliphatic rings. The van der Waals surface area contributed by atoms with Gasteiger partial charge >= 0.3 is 10.2 Å². The van der Waals surface area contributed by atoms with Crippen LogP contribution in [0.3, 0.4) is 0 Å². The molecule has 1 aromatic carbocycles. The van der Waals surface area contributed by atoms with Crippen LogP contribution >= 0.6 is 0 Å². The third kappa shape index (κ3) is 3.42. The van der Waals surface area contributed by atoms with E-state index in [1.54, 1.807) is 11.8 Å². The van der Waals surface area contributed by atoms with E-state index in [1.807, 2.05) is 4.90 Å². The fraction of sp³-hybridized carbons (Fsp3) is 0.533. The molecule has 138 valence electrons. The van der Waals surface area contributed by atoms with E-state index < -0.39 is 39.9 Å². The van der Waals surface area contributed by atoms with Gasteiger partial charge in [0.1, 0.15) is 18.0 Å². The molecule has 0 aliphatic carbocycles. The van der Waals surface area contributed by atoms with Gasteiger partial charge in [-0.25, -0.2) is 13.4 Å². The molecular weight excluding hydrogens is 353 g/mol. The van der Waals surface area contributed by atoms with Crippen molar-refractivity contribution in [3.63, 3.8) is 0 Å². The molecule has 0 aromatic heterocycles. The number of aromatic hydroxyl groups is 1. The number of nitrogens with zero attached hydrogens (tertiary/aromatic N) is 2. The molecule has 1 amide bonds. The van der Waals surface area contributed by atoms with E-state index in [4.69, 9.17) is 4.74 Å². The predicted molar refractivity (Wildman–Crippen MR) is 87.9 cm³/mol. The number of ether oxygens (including phenoxy) is 1. The number of anilines is 1. The normalized spacial score (nSPS) is 19.8. The zero-order valence-corrected chi connectivity index (χ0v) is 14.6. The van der Waals surface area contributed by atoms with Gasteiger partial charge < -0.3 is 9.84 Å². The highest BCUT2D eigenvalue weighted by Crippen LogP contribution is 2.38. The maximum absolute atomic E-state index is 15.0. The molecule has 1 aromatic rings. The summed E-state index contributed by atoms with van der Waals surface area (Å²) in [5.41, 5.74) is 0.527. The molecule has 10 heteroatoms. The molecule has 0 bridgehead atoms. The minimum atomic E-state index is -4.19. The largest absolute Gasteiger partial charge is 0.506 e. The van der Waals surface area contributed by atoms with Crippen molar-refractivity contribution >= 4 is 21.8 Å². The van der Waals surface area contributed by atoms with Crippen LogP contribution in [0, 0.1) is 5.82 Å². The summed E-state index contributed by atoms with van der Waals surface area (Å²) >= 11 is 0. The number of halogens is 1. The summed E-state index contributed by atoms with van der Waals surface area (Å²) in [6, 6.07) is 1.39. The van der Waals surface area contributed by atoms with Crippen molar-refractivity contribution < 1.29 is 27.4 Å². The van der Waals surface area contributed by atoms with E-state index in [-0.39, 0.29) is 0 Å². The van der Waals surface area contributed by atoms with Crippen LogP contribution < -0.4 is 9.03 Å². The van der Waals surface area contributed by atoms with Crippen molar-refractivity contribution in [3.05, 3.63) is 23.0 Å². The lowest BCUT2D eigenvalue weighted by atomic mass is 9.97. The maximum Gasteiger partial charge on any atom is 0.326 e. The molecule has 0 unspecified atom stereocenters. The van der Waals surface area contributed by atoms with Crippen LogP contribution in [-0.4, -0.2) is 57.7 Å². The molecule has 8 nitrogen and oxygen atoms in total. The number of nitrogens with one attached hydrogen (secondary N) is 1. The second kappa shape index (κ2) is 6.77. The van der Waals surface area contributed by atoms with E-state index in [0.29, 0.717) is 35.0 Å². The van der Waals surface area contributed by atoms with Crippen molar-refractivity contribution in [2.75, 3.05) is 37.7 Å². The first-order valence-electron chi connectivity index (χ1n) is 7.91. The zero-order chi connectivity index (χ0) is 18.2. The number of fused-ring (bicyclic) bond motifs is 1. The van der Waals surface area contributed by atoms with Crippen molar-refractivity contribution in [1.82, 2.24) is 9.62 Å². The number of amides is 1. The van der Waals surface area contributed by atoms with E-state index in [0.717, 1.165) is 19.5 Å². The highest BCUT2D eigenvalue weighted by atomic mass is 32.2. The summed E-state index contributed by atoms with van der Waals surface area (Å²) in [5, 5.41) is 10.2. The second-order valence-corrected chi connectivity index (χ2v) is 7.70. The van der Waals surface area contributed by atoms with Gasteiger partial charge in [-0.15, -0.1) is 0 Å². The number of phenolic OH excluding ortho intramolecular Hbond substituents is 1. The van der Waals surface area contributed by atoms with E-state index in [1.165, 1.54) is 6.07 Å². The average molecular weight is 373 g/mol. The summed E-state index contributed by atoms with van der Waals surface area (Å²) in [4.78, 5) is 13.4. The Kier molecular flexibility index (Phi) is 4.85. The number of phenols is 1. The van der Waals surface area contributed by atoms with Crippen molar-refractivity contribution in [2.24, 2.45) is 0 Å². The molecule has 0 atom stereocenters. The first-order chi connectivity index (χ1) is 11.8. The third-order valence-electron chi connectivity index (χ3n) is 4.39. The zero-order valence-electron chi connectivity index (χ0n) is 13.8. The lowest BCUT2D eigenvalue weighted by Crippen LogP contribution is -2.34. The Bertz CT molecular complexity index is 799. The highest BCUT2D eigenvalue weighted by Gasteiger charge is 2.38. The Morgan fingerprint density at radius 2 is 2.16 bits per heavy atom. The third-order valence-corrected chi connectivity index (χ3v) is 5.76. The first kappa shape index (κ1) is 17.9. The summed E-state index contributed by atoms with van der Waals surface area (Å²) in [6.07, 6.45) is 1.36. The molecule has 2 N–H and O–H groups in total. The molecular formula is C15H20FN3O5S. The minimum absolute atomic E-state index is 0.313. The smallest absolute Gasteiger partial charge is 0.326 e. The van der Waals surface area contributed by atoms with E-state index >= 15 is 4.39 Å². The predicted octanol–water partition coefficient (Wildman–Crippen LogP) is 0.107. The molecule has 3 rings (SSSR count). The van der Waals surface area contributed by atoms with E-state index in [9.17, 15) is 18.3 Å². The SMILES string of the molecule is COCCCN1CCc2cc(O)c(N3CC(=O)NS3(=O)=O)c(F)c2C1. The van der Waals surface area contributed by atoms with Crippen LogP contribution in [0.2, 0.25) is 0 Å². The van der Waals surface area contributed by atoms with Crippen LogP contribution in [0.1, 0.15) is 17.5 Å². The fourth-order valence-corrected chi connectivity index (χ4v) is 4.36. The van der Waals surface area contributed by atoms with Crippen LogP contribution in [0.25, 0.3) is 0 Å². The number of carbonyl (C=O) groups excluding carboxylic acids is 1. The second-order valence-electron chi connectivity index (χ2n) is 6.11. The topological polar surface area (TPSA) is 99.2 Å². The van der Waals surface area contributed by atoms with Crippen molar-refractivity contribution in [1.29, 1.82) is 0 Å². The molecule has 1 fully saturated rings. The van der Waals surface area contributed by atoms with Gasteiger partial charge in [0.05, 0.1) is 0 Å². The molecule has 2 aliphatic heterocycles. The Morgan fingerprint density at radius 1 is 1.40 bits per heavy atom. The van der Waals surface area contributed by atoms with Crippen LogP contribution in [0.5, 0.6) is 5.75 Å². The van der Waals surface area contributed by atoms with Gasteiger partial charge in [0.2, 0.25) is 0 Å². The van der Waals surface area contributed by atoms with Crippen molar-refractivity contribution in [3.8, 4) is 5.75 Å². The van der Waals surface area contributed by atoms with Gasteiger partial charge in [-0.2, -0.15) is 8.42 Å². The quantitative estimate of drug-likeness (QED) is 0.711. The Balaban J connectivity index is 1.93. The lowest BCUT2D eigenvalue weighted by Gasteiger charge is -2.30. The summed E-state index contributed by atoms with van der Waals surface area (Å²) in [6.45, 7) is 1.81. The van der Waals surface area contributed by atoms with Crippen molar-refractivity contribution in [2.45, 2.75) is 19.4 Å². The van der Waals surface area contributed by atoms with Gasteiger partial charge in [0.25, 0.3) is 5.91 Å². The van der Waals surface area contributed by atoms with Crippen LogP contribution in [0.15, 0.2) is 6.07 Å². The lowest BCUT2D eigenvalue weighted by molar-refractivity contribution is -0.117. The standard InChI is InChI=1S/C15H20FN3O5S/c1-24-6-2-4-18-5-3-10-7-12(20)15(14(16)11(10)8-18)19-9-13(21)17-25(19,22)23/h7,20H,2-6,8-9H2,1H3,(H,17,21). The Hall–Kier alpha value is -1.91. The van der Waals surface area contributed by atoms with E-state index in [2.05, 4.69) is 0 Å². The number of carbonyl (C=O) groups is 1. The van der Waals surface area contributed by atoms with Crippen LogP contribution in [-0.2, 0) is 32.7 Å².